The van der Waals surface area contributed by atoms with Crippen molar-refractivity contribution in [1.29, 1.82) is 0 Å². The molecule has 1 aliphatic rings. The fourth-order valence-corrected chi connectivity index (χ4v) is 3.23. The Morgan fingerprint density at radius 2 is 2.28 bits per heavy atom. The van der Waals surface area contributed by atoms with E-state index in [9.17, 15) is 4.39 Å². The van der Waals surface area contributed by atoms with Gasteiger partial charge in [-0.2, -0.15) is 0 Å². The molecule has 0 aliphatic heterocycles. The fraction of sp³-hybridized carbons (Fsp3) is 0.364. The zero-order valence-electron chi connectivity index (χ0n) is 9.38. The number of hydrogen-bond acceptors (Lipinski definition) is 4. The highest BCUT2D eigenvalue weighted by molar-refractivity contribution is 9.10. The number of hydrogen-bond donors (Lipinski definition) is 0. The van der Waals surface area contributed by atoms with Crippen LogP contribution in [0.4, 0.5) is 4.39 Å². The Bertz CT molecular complexity index is 570. The molecule has 1 fully saturated rings. The van der Waals surface area contributed by atoms with Crippen LogP contribution < -0.4 is 0 Å². The lowest BCUT2D eigenvalue weighted by molar-refractivity contribution is 0.565. The van der Waals surface area contributed by atoms with E-state index in [4.69, 9.17) is 0 Å². The quantitative estimate of drug-likeness (QED) is 0.808. The van der Waals surface area contributed by atoms with E-state index in [2.05, 4.69) is 31.5 Å². The van der Waals surface area contributed by atoms with E-state index in [1.807, 2.05) is 4.68 Å². The number of thioether (sulfide) groups is 1. The predicted octanol–water partition coefficient (Wildman–Crippen LogP) is 3.20. The highest BCUT2D eigenvalue weighted by Crippen LogP contribution is 2.37. The van der Waals surface area contributed by atoms with Gasteiger partial charge in [0.15, 0.2) is 0 Å². The van der Waals surface area contributed by atoms with Gasteiger partial charge in [0.1, 0.15) is 5.82 Å². The van der Waals surface area contributed by atoms with Gasteiger partial charge in [0.25, 0.3) is 0 Å². The first-order valence-corrected chi connectivity index (χ1v) is 7.36. The molecule has 1 aliphatic carbocycles. The van der Waals surface area contributed by atoms with E-state index < -0.39 is 0 Å². The number of halogens is 2. The summed E-state index contributed by atoms with van der Waals surface area (Å²) < 4.78 is 15.6. The van der Waals surface area contributed by atoms with Gasteiger partial charge in [-0.25, -0.2) is 9.07 Å². The van der Waals surface area contributed by atoms with Crippen LogP contribution >= 0.6 is 27.7 Å². The van der Waals surface area contributed by atoms with Crippen molar-refractivity contribution >= 4 is 27.7 Å². The molecular formula is C11H10BrFN4S. The Balaban J connectivity index is 1.71. The molecule has 0 radical (unpaired) electrons. The maximum Gasteiger partial charge on any atom is 0.209 e. The van der Waals surface area contributed by atoms with Crippen LogP contribution in [0.5, 0.6) is 0 Å². The first kappa shape index (κ1) is 12.1. The molecule has 3 rings (SSSR count). The molecule has 0 atom stereocenters. The summed E-state index contributed by atoms with van der Waals surface area (Å²) >= 11 is 4.93. The molecular weight excluding hydrogens is 319 g/mol. The van der Waals surface area contributed by atoms with E-state index in [0.717, 1.165) is 28.0 Å². The highest BCUT2D eigenvalue weighted by Gasteiger charge is 2.27. The lowest BCUT2D eigenvalue weighted by Gasteiger charge is -2.04. The van der Waals surface area contributed by atoms with Crippen molar-refractivity contribution in [2.45, 2.75) is 29.8 Å². The summed E-state index contributed by atoms with van der Waals surface area (Å²) in [6.07, 6.45) is 2.30. The van der Waals surface area contributed by atoms with Crippen LogP contribution in [0.2, 0.25) is 0 Å². The molecule has 7 heteroatoms. The third-order valence-electron chi connectivity index (χ3n) is 2.73. The topological polar surface area (TPSA) is 43.6 Å². The minimum atomic E-state index is -0.238. The zero-order chi connectivity index (χ0) is 12.5. The van der Waals surface area contributed by atoms with Crippen molar-refractivity contribution < 1.29 is 4.39 Å². The smallest absolute Gasteiger partial charge is 0.209 e. The molecule has 0 bridgehead atoms. The maximum atomic E-state index is 13.0. The third-order valence-corrected chi connectivity index (χ3v) is 4.45. The molecule has 0 spiro atoms. The second-order valence-corrected chi connectivity index (χ2v) is 5.96. The van der Waals surface area contributed by atoms with Gasteiger partial charge < -0.3 is 0 Å². The lowest BCUT2D eigenvalue weighted by atomic mass is 10.2. The predicted molar refractivity (Wildman–Crippen MR) is 69.7 cm³/mol. The van der Waals surface area contributed by atoms with E-state index in [0.29, 0.717) is 11.8 Å². The molecule has 4 nitrogen and oxygen atoms in total. The minimum absolute atomic E-state index is 0.238. The molecule has 1 saturated carbocycles. The Hall–Kier alpha value is -0.950. The standard InChI is InChI=1S/C11H10BrFN4S/c12-10-5-8(13)2-1-7(10)6-18-11-14-15-16-17(11)9-3-4-9/h1-2,5,9H,3-4,6H2. The van der Waals surface area contributed by atoms with Gasteiger partial charge in [0.2, 0.25) is 5.16 Å². The van der Waals surface area contributed by atoms with E-state index in [1.54, 1.807) is 17.8 Å². The molecule has 1 heterocycles. The Morgan fingerprint density at radius 3 is 3.00 bits per heavy atom. The van der Waals surface area contributed by atoms with Crippen molar-refractivity contribution in [1.82, 2.24) is 20.2 Å². The van der Waals surface area contributed by atoms with Gasteiger partial charge in [-0.15, -0.1) is 5.10 Å². The van der Waals surface area contributed by atoms with Crippen molar-refractivity contribution in [3.05, 3.63) is 34.1 Å². The van der Waals surface area contributed by atoms with Crippen molar-refractivity contribution in [2.24, 2.45) is 0 Å². The van der Waals surface area contributed by atoms with Crippen LogP contribution in [0.1, 0.15) is 24.4 Å². The Labute approximate surface area is 116 Å². The zero-order valence-corrected chi connectivity index (χ0v) is 11.8. The number of rotatable bonds is 4. The maximum absolute atomic E-state index is 13.0. The SMILES string of the molecule is Fc1ccc(CSc2nnnn2C2CC2)c(Br)c1. The van der Waals surface area contributed by atoms with Gasteiger partial charge in [0.05, 0.1) is 6.04 Å². The van der Waals surface area contributed by atoms with Crippen molar-refractivity contribution in [3.63, 3.8) is 0 Å². The Morgan fingerprint density at radius 1 is 1.44 bits per heavy atom. The number of tetrazole rings is 1. The number of aromatic nitrogens is 4. The molecule has 1 aromatic carbocycles. The normalized spacial score (nSPS) is 15.0. The average Bonchev–Trinajstić information content (AvgIpc) is 3.08. The summed E-state index contributed by atoms with van der Waals surface area (Å²) in [5.74, 6) is 0.479. The van der Waals surface area contributed by atoms with Crippen molar-refractivity contribution in [2.75, 3.05) is 0 Å². The molecule has 0 amide bonds. The summed E-state index contributed by atoms with van der Waals surface area (Å²) in [5.41, 5.74) is 1.03. The number of nitrogens with zero attached hydrogens (tertiary/aromatic N) is 4. The first-order chi connectivity index (χ1) is 8.74. The molecule has 0 saturated heterocycles. The third kappa shape index (κ3) is 2.56. The van der Waals surface area contributed by atoms with Gasteiger partial charge in [-0.3, -0.25) is 0 Å². The molecule has 0 N–H and O–H groups in total. The van der Waals surface area contributed by atoms with Crippen LogP contribution in [0, 0.1) is 5.82 Å². The molecule has 18 heavy (non-hydrogen) atoms. The molecule has 94 valence electrons. The van der Waals surface area contributed by atoms with Crippen LogP contribution in [-0.4, -0.2) is 20.2 Å². The van der Waals surface area contributed by atoms with Gasteiger partial charge in [0, 0.05) is 10.2 Å². The second kappa shape index (κ2) is 4.97. The minimum Gasteiger partial charge on any atom is -0.217 e. The van der Waals surface area contributed by atoms with Gasteiger partial charge in [-0.05, 0) is 41.0 Å². The fourth-order valence-electron chi connectivity index (χ4n) is 1.61. The van der Waals surface area contributed by atoms with Gasteiger partial charge in [-0.1, -0.05) is 33.8 Å². The average molecular weight is 329 g/mol. The largest absolute Gasteiger partial charge is 0.217 e. The summed E-state index contributed by atoms with van der Waals surface area (Å²) in [6.45, 7) is 0. The molecule has 0 unspecified atom stereocenters. The van der Waals surface area contributed by atoms with Gasteiger partial charge >= 0.3 is 0 Å². The molecule has 1 aromatic heterocycles. The van der Waals surface area contributed by atoms with Crippen LogP contribution in [0.25, 0.3) is 0 Å². The van der Waals surface area contributed by atoms with E-state index in [1.165, 1.54) is 12.1 Å². The molecule has 2 aromatic rings. The van der Waals surface area contributed by atoms with E-state index in [-0.39, 0.29) is 5.82 Å². The Kier molecular flexibility index (Phi) is 3.34. The number of benzene rings is 1. The van der Waals surface area contributed by atoms with Crippen LogP contribution in [-0.2, 0) is 5.75 Å². The first-order valence-electron chi connectivity index (χ1n) is 5.58. The van der Waals surface area contributed by atoms with Crippen molar-refractivity contribution in [3.8, 4) is 0 Å². The highest BCUT2D eigenvalue weighted by atomic mass is 79.9. The lowest BCUT2D eigenvalue weighted by Crippen LogP contribution is -1.99. The second-order valence-electron chi connectivity index (χ2n) is 4.16. The summed E-state index contributed by atoms with van der Waals surface area (Å²) in [5, 5.41) is 12.5. The summed E-state index contributed by atoms with van der Waals surface area (Å²) in [7, 11) is 0. The van der Waals surface area contributed by atoms with E-state index >= 15 is 0 Å². The van der Waals surface area contributed by atoms with Crippen LogP contribution in [0.3, 0.4) is 0 Å². The summed E-state index contributed by atoms with van der Waals surface area (Å²) in [4.78, 5) is 0. The van der Waals surface area contributed by atoms with Crippen LogP contribution in [0.15, 0.2) is 27.8 Å². The monoisotopic (exact) mass is 328 g/mol. The summed E-state index contributed by atoms with van der Waals surface area (Å²) in [6, 6.07) is 5.18.